The van der Waals surface area contributed by atoms with Crippen molar-refractivity contribution in [1.29, 1.82) is 0 Å². The second kappa shape index (κ2) is 8.53. The maximum absolute atomic E-state index is 14.0. The highest BCUT2D eigenvalue weighted by Gasteiger charge is 2.20. The zero-order valence-corrected chi connectivity index (χ0v) is 15.1. The Kier molecular flexibility index (Phi) is 6.41. The summed E-state index contributed by atoms with van der Waals surface area (Å²) in [4.78, 5) is 29.2. The molecule has 7 heteroatoms. The number of nitrogens with one attached hydrogen (secondary N) is 1. The lowest BCUT2D eigenvalue weighted by Gasteiger charge is -2.18. The van der Waals surface area contributed by atoms with Gasteiger partial charge in [-0.15, -0.1) is 11.3 Å². The molecule has 1 heterocycles. The quantitative estimate of drug-likeness (QED) is 0.797. The molecule has 0 bridgehead atoms. The molecule has 0 aliphatic carbocycles. The van der Waals surface area contributed by atoms with Gasteiger partial charge in [-0.05, 0) is 24.1 Å². The number of rotatable bonds is 6. The van der Waals surface area contributed by atoms with Gasteiger partial charge in [-0.3, -0.25) is 14.5 Å². The lowest BCUT2D eigenvalue weighted by molar-refractivity contribution is -0.117. The van der Waals surface area contributed by atoms with E-state index in [1.54, 1.807) is 23.6 Å². The summed E-state index contributed by atoms with van der Waals surface area (Å²) in [6.07, 6.45) is 2.96. The molecule has 1 aromatic heterocycles. The van der Waals surface area contributed by atoms with Crippen molar-refractivity contribution in [2.45, 2.75) is 20.8 Å². The van der Waals surface area contributed by atoms with E-state index < -0.39 is 5.82 Å². The van der Waals surface area contributed by atoms with Crippen LogP contribution in [0.4, 0.5) is 15.2 Å². The number of halogens is 1. The van der Waals surface area contributed by atoms with Crippen molar-refractivity contribution in [1.82, 2.24) is 10.3 Å². The lowest BCUT2D eigenvalue weighted by atomic mass is 10.2. The Hall–Kier alpha value is -2.54. The van der Waals surface area contributed by atoms with E-state index in [1.165, 1.54) is 41.4 Å². The molecule has 0 fully saturated rings. The molecular weight excluding hydrogens is 341 g/mol. The minimum absolute atomic E-state index is 0.148. The maximum Gasteiger partial charge on any atom is 0.244 e. The third-order valence-corrected chi connectivity index (χ3v) is 4.04. The lowest BCUT2D eigenvalue weighted by Crippen LogP contribution is -2.25. The first-order valence-corrected chi connectivity index (χ1v) is 8.73. The number of benzene rings is 1. The van der Waals surface area contributed by atoms with E-state index in [0.717, 1.165) is 0 Å². The van der Waals surface area contributed by atoms with Crippen molar-refractivity contribution >= 4 is 40.0 Å². The normalized spacial score (nSPS) is 11.1. The fraction of sp³-hybridized carbons (Fsp3) is 0.278. The second-order valence-electron chi connectivity index (χ2n) is 5.83. The Morgan fingerprint density at radius 2 is 2.08 bits per heavy atom. The van der Waals surface area contributed by atoms with E-state index in [4.69, 9.17) is 0 Å². The molecule has 2 aromatic rings. The van der Waals surface area contributed by atoms with Gasteiger partial charge in [0.25, 0.3) is 0 Å². The Balaban J connectivity index is 2.17. The average Bonchev–Trinajstić information content (AvgIpc) is 3.01. The molecule has 2 rings (SSSR count). The minimum atomic E-state index is -0.502. The van der Waals surface area contributed by atoms with Crippen LogP contribution in [0.25, 0.3) is 6.08 Å². The van der Waals surface area contributed by atoms with Crippen LogP contribution in [0.5, 0.6) is 0 Å². The van der Waals surface area contributed by atoms with E-state index in [-0.39, 0.29) is 17.5 Å². The zero-order chi connectivity index (χ0) is 18.4. The zero-order valence-electron chi connectivity index (χ0n) is 14.3. The molecule has 0 aliphatic rings. The van der Waals surface area contributed by atoms with Crippen LogP contribution in [0.3, 0.4) is 0 Å². The van der Waals surface area contributed by atoms with Crippen molar-refractivity contribution in [2.75, 3.05) is 11.4 Å². The Bertz CT molecular complexity index is 786. The van der Waals surface area contributed by atoms with Gasteiger partial charge in [0.15, 0.2) is 5.13 Å². The first-order valence-electron chi connectivity index (χ1n) is 7.85. The van der Waals surface area contributed by atoms with E-state index in [0.29, 0.717) is 23.3 Å². The summed E-state index contributed by atoms with van der Waals surface area (Å²) >= 11 is 1.20. The fourth-order valence-corrected chi connectivity index (χ4v) is 2.87. The summed E-state index contributed by atoms with van der Waals surface area (Å²) in [5.74, 6) is -0.684. The van der Waals surface area contributed by atoms with Crippen LogP contribution < -0.4 is 10.2 Å². The smallest absolute Gasteiger partial charge is 0.244 e. The molecular formula is C18H20FN3O2S. The molecule has 0 aliphatic heterocycles. The van der Waals surface area contributed by atoms with Gasteiger partial charge < -0.3 is 5.32 Å². The van der Waals surface area contributed by atoms with Crippen molar-refractivity contribution in [3.8, 4) is 0 Å². The van der Waals surface area contributed by atoms with Gasteiger partial charge in [0, 0.05) is 24.9 Å². The Morgan fingerprint density at radius 1 is 1.36 bits per heavy atom. The molecule has 0 spiro atoms. The number of anilines is 2. The topological polar surface area (TPSA) is 62.3 Å². The summed E-state index contributed by atoms with van der Waals surface area (Å²) in [6, 6.07) is 6.02. The SMILES string of the molecule is CC(=O)N(c1nc(/C=C/C(=O)NCC(C)C)cs1)c1ccccc1F. The third-order valence-electron chi connectivity index (χ3n) is 3.20. The van der Waals surface area contributed by atoms with E-state index in [9.17, 15) is 14.0 Å². The number of carbonyl (C=O) groups is 2. The summed E-state index contributed by atoms with van der Waals surface area (Å²) in [5, 5.41) is 4.82. The number of hydrogen-bond donors (Lipinski definition) is 1. The number of amides is 2. The Morgan fingerprint density at radius 3 is 2.72 bits per heavy atom. The first-order chi connectivity index (χ1) is 11.9. The van der Waals surface area contributed by atoms with Gasteiger partial charge in [-0.1, -0.05) is 26.0 Å². The molecule has 1 N–H and O–H groups in total. The van der Waals surface area contributed by atoms with Gasteiger partial charge in [0.05, 0.1) is 11.4 Å². The first kappa shape index (κ1) is 18.8. The molecule has 0 radical (unpaired) electrons. The number of para-hydroxylation sites is 1. The highest BCUT2D eigenvalue weighted by Crippen LogP contribution is 2.30. The molecule has 132 valence electrons. The number of nitrogens with zero attached hydrogens (tertiary/aromatic N) is 2. The molecule has 1 aromatic carbocycles. The fourth-order valence-electron chi connectivity index (χ4n) is 2.02. The molecule has 2 amide bonds. The van der Waals surface area contributed by atoms with Crippen molar-refractivity contribution in [2.24, 2.45) is 5.92 Å². The van der Waals surface area contributed by atoms with Crippen LogP contribution >= 0.6 is 11.3 Å². The van der Waals surface area contributed by atoms with Gasteiger partial charge in [-0.2, -0.15) is 0 Å². The Labute approximate surface area is 150 Å². The number of hydrogen-bond acceptors (Lipinski definition) is 4. The van der Waals surface area contributed by atoms with Crippen LogP contribution in [0, 0.1) is 11.7 Å². The monoisotopic (exact) mass is 361 g/mol. The maximum atomic E-state index is 14.0. The largest absolute Gasteiger partial charge is 0.352 e. The van der Waals surface area contributed by atoms with E-state index >= 15 is 0 Å². The van der Waals surface area contributed by atoms with E-state index in [1.807, 2.05) is 13.8 Å². The third kappa shape index (κ3) is 5.22. The summed E-state index contributed by atoms with van der Waals surface area (Å²) in [7, 11) is 0. The van der Waals surface area contributed by atoms with Crippen LogP contribution in [0.15, 0.2) is 35.7 Å². The highest BCUT2D eigenvalue weighted by molar-refractivity contribution is 7.14. The van der Waals surface area contributed by atoms with Gasteiger partial charge in [0.1, 0.15) is 5.82 Å². The summed E-state index contributed by atoms with van der Waals surface area (Å²) in [5.41, 5.74) is 0.678. The number of carbonyl (C=O) groups excluding carboxylic acids is 2. The molecule has 0 atom stereocenters. The highest BCUT2D eigenvalue weighted by atomic mass is 32.1. The van der Waals surface area contributed by atoms with Crippen molar-refractivity contribution in [3.63, 3.8) is 0 Å². The molecule has 5 nitrogen and oxygen atoms in total. The summed E-state index contributed by atoms with van der Waals surface area (Å²) < 4.78 is 14.0. The molecule has 0 unspecified atom stereocenters. The molecule has 0 saturated heterocycles. The molecule has 25 heavy (non-hydrogen) atoms. The van der Waals surface area contributed by atoms with Crippen LogP contribution in [0.2, 0.25) is 0 Å². The number of aromatic nitrogens is 1. The van der Waals surface area contributed by atoms with Crippen LogP contribution in [-0.2, 0) is 9.59 Å². The van der Waals surface area contributed by atoms with Gasteiger partial charge >= 0.3 is 0 Å². The van der Waals surface area contributed by atoms with Crippen molar-refractivity contribution < 1.29 is 14.0 Å². The minimum Gasteiger partial charge on any atom is -0.352 e. The predicted octanol–water partition coefficient (Wildman–Crippen LogP) is 3.75. The second-order valence-corrected chi connectivity index (χ2v) is 6.67. The standard InChI is InChI=1S/C18H20FN3O2S/c1-12(2)10-20-17(24)9-8-14-11-25-18(21-14)22(13(3)23)16-7-5-4-6-15(16)19/h4-9,11-12H,10H2,1-3H3,(H,20,24)/b9-8+. The summed E-state index contributed by atoms with van der Waals surface area (Å²) in [6.45, 7) is 5.96. The van der Waals surface area contributed by atoms with Crippen LogP contribution in [0.1, 0.15) is 26.5 Å². The van der Waals surface area contributed by atoms with Gasteiger partial charge in [-0.25, -0.2) is 9.37 Å². The number of thiazole rings is 1. The average molecular weight is 361 g/mol. The van der Waals surface area contributed by atoms with Crippen molar-refractivity contribution in [3.05, 3.63) is 47.2 Å². The van der Waals surface area contributed by atoms with E-state index in [2.05, 4.69) is 10.3 Å². The van der Waals surface area contributed by atoms with Gasteiger partial charge in [0.2, 0.25) is 11.8 Å². The molecule has 0 saturated carbocycles. The predicted molar refractivity (Wildman–Crippen MR) is 98.2 cm³/mol. The van der Waals surface area contributed by atoms with Crippen LogP contribution in [-0.4, -0.2) is 23.3 Å².